The number of hydrogen-bond donors (Lipinski definition) is 6. The van der Waals surface area contributed by atoms with E-state index < -0.39 is 43.6 Å². The number of Topliss-reactive ketones (excluding diaryl/α,β-unsaturated/α-hetero) is 2. The maximum absolute atomic E-state index is 13.8. The van der Waals surface area contributed by atoms with Gasteiger partial charge in [-0.1, -0.05) is 47.8 Å². The van der Waals surface area contributed by atoms with Crippen LogP contribution in [0.4, 0.5) is 79.3 Å². The predicted molar refractivity (Wildman–Crippen MR) is 397 cm³/mol. The minimum absolute atomic E-state index is 0.134. The van der Waals surface area contributed by atoms with Crippen molar-refractivity contribution in [2.75, 3.05) is 113 Å². The van der Waals surface area contributed by atoms with Crippen molar-refractivity contribution < 1.29 is 54.6 Å². The van der Waals surface area contributed by atoms with Crippen molar-refractivity contribution in [2.45, 2.75) is 115 Å². The minimum Gasteiger partial charge on any atom is -0.494 e. The Kier molecular flexibility index (Phi) is 26.2. The Morgan fingerprint density at radius 3 is 1.29 bits per heavy atom. The van der Waals surface area contributed by atoms with Gasteiger partial charge in [-0.25, -0.2) is 0 Å². The molecule has 29 nitrogen and oxygen atoms in total. The number of ketones is 2. The molecule has 9 rings (SSSR count). The van der Waals surface area contributed by atoms with E-state index in [1.807, 2.05) is 39.8 Å². The third-order valence-electron chi connectivity index (χ3n) is 16.3. The maximum atomic E-state index is 13.8. The molecule has 2 fully saturated rings. The highest BCUT2D eigenvalue weighted by Crippen LogP contribution is 2.45. The molecule has 0 atom stereocenters. The number of ether oxygens (including phenoxy) is 2. The quantitative estimate of drug-likeness (QED) is 0.00434. The van der Waals surface area contributed by atoms with E-state index in [2.05, 4.69) is 47.8 Å². The molecule has 0 saturated carbocycles. The van der Waals surface area contributed by atoms with E-state index in [0.29, 0.717) is 119 Å². The summed E-state index contributed by atoms with van der Waals surface area (Å²) in [6, 6.07) is 17.0. The van der Waals surface area contributed by atoms with Crippen molar-refractivity contribution in [3.63, 3.8) is 0 Å². The predicted octanol–water partition coefficient (Wildman–Crippen LogP) is 14.4. The van der Waals surface area contributed by atoms with Gasteiger partial charge in [-0.15, -0.1) is 20.5 Å². The summed E-state index contributed by atoms with van der Waals surface area (Å²) in [5, 5.41) is 32.0. The first-order valence-electron chi connectivity index (χ1n) is 32.9. The van der Waals surface area contributed by atoms with Crippen molar-refractivity contribution in [2.24, 2.45) is 20.5 Å². The molecule has 6 N–H and O–H groups in total. The summed E-state index contributed by atoms with van der Waals surface area (Å²) in [7, 11) is -5.85. The van der Waals surface area contributed by atoms with E-state index in [-0.39, 0.29) is 54.5 Å². The van der Waals surface area contributed by atoms with Crippen molar-refractivity contribution in [3.8, 4) is 11.5 Å². The van der Waals surface area contributed by atoms with Crippen molar-refractivity contribution >= 4 is 169 Å². The molecule has 5 heterocycles. The van der Waals surface area contributed by atoms with Gasteiger partial charge in [0.1, 0.15) is 34.5 Å². The summed E-state index contributed by atoms with van der Waals surface area (Å²) in [5.41, 5.74) is 2.93. The zero-order valence-electron chi connectivity index (χ0n) is 57.4. The van der Waals surface area contributed by atoms with Crippen LogP contribution in [-0.2, 0) is 39.4 Å². The van der Waals surface area contributed by atoms with Gasteiger partial charge in [0, 0.05) is 81.6 Å². The smallest absolute Gasteiger partial charge is 0.294 e. The number of hydrogen-bond acceptors (Lipinski definition) is 28. The van der Waals surface area contributed by atoms with Crippen LogP contribution in [0.25, 0.3) is 12.2 Å². The Bertz CT molecular complexity index is 4230. The molecule has 101 heavy (non-hydrogen) atoms. The zero-order valence-corrected chi connectivity index (χ0v) is 61.5. The number of nitrogens with one attached hydrogen (secondary N) is 4. The summed E-state index contributed by atoms with van der Waals surface area (Å²) in [6.07, 6.45) is 10.3. The second-order valence-corrected chi connectivity index (χ2v) is 29.1. The van der Waals surface area contributed by atoms with Crippen LogP contribution in [0.2, 0.25) is 0 Å². The SMILES string of the molecule is CCCCSc1nc(Nc2cc(N(CC)CC)c(OC)cc2/N=N/c2nc(N3CCCCC3)c(/C=C(/C(C)=O)C(=O)Nc3ccc(S(=O)(=O)O)cc3)s2)nc(Nc2cc(N(CC)CC)c(OC)cc2/N=N/c2nc(N3CCCCC3)c(/C=C(\C(C)=O)C(=O)Nc3ccc(S(=O)(=O)O)cc3)s2)n1. The third-order valence-corrected chi connectivity index (χ3v) is 20.7. The molecule has 0 aliphatic carbocycles. The normalized spacial score (nSPS) is 13.9. The largest absolute Gasteiger partial charge is 0.494 e. The van der Waals surface area contributed by atoms with Gasteiger partial charge in [0.15, 0.2) is 16.7 Å². The number of nitrogens with zero attached hydrogens (tertiary/aromatic N) is 13. The van der Waals surface area contributed by atoms with Crippen molar-refractivity contribution in [1.29, 1.82) is 0 Å². The second kappa shape index (κ2) is 34.8. The molecule has 0 unspecified atom stereocenters. The number of aromatic nitrogens is 5. The van der Waals surface area contributed by atoms with E-state index in [0.717, 1.165) is 110 Å². The fourth-order valence-electron chi connectivity index (χ4n) is 11.0. The van der Waals surface area contributed by atoms with Gasteiger partial charge >= 0.3 is 0 Å². The highest BCUT2D eigenvalue weighted by Gasteiger charge is 2.27. The average Bonchev–Trinajstić information content (AvgIpc) is 1.76. The molecule has 0 spiro atoms. The molecule has 2 amide bonds. The monoisotopic (exact) mass is 1480 g/mol. The molecule has 2 aliphatic heterocycles. The average molecular weight is 1480 g/mol. The number of amides is 2. The Balaban J connectivity index is 1.10. The van der Waals surface area contributed by atoms with Gasteiger partial charge in [0.05, 0.1) is 67.7 Å². The van der Waals surface area contributed by atoms with Crippen LogP contribution in [0, 0.1) is 0 Å². The lowest BCUT2D eigenvalue weighted by atomic mass is 10.1. The van der Waals surface area contributed by atoms with Crippen LogP contribution in [0.3, 0.4) is 0 Å². The van der Waals surface area contributed by atoms with Crippen LogP contribution >= 0.6 is 34.4 Å². The molecule has 34 heteroatoms. The number of piperidine rings is 2. The molecule has 7 aromatic rings. The Hall–Kier alpha value is -9.32. The van der Waals surface area contributed by atoms with Crippen LogP contribution in [0.15, 0.2) is 119 Å². The van der Waals surface area contributed by atoms with E-state index >= 15 is 0 Å². The lowest BCUT2D eigenvalue weighted by Crippen LogP contribution is -2.30. The highest BCUT2D eigenvalue weighted by molar-refractivity contribution is 7.99. The van der Waals surface area contributed by atoms with Gasteiger partial charge < -0.3 is 50.3 Å². The van der Waals surface area contributed by atoms with Gasteiger partial charge in [-0.05, 0) is 159 Å². The summed E-state index contributed by atoms with van der Waals surface area (Å²) in [6.45, 7) is 17.9. The van der Waals surface area contributed by atoms with Gasteiger partial charge in [0.25, 0.3) is 32.1 Å². The number of benzene rings is 4. The third kappa shape index (κ3) is 19.8. The summed E-state index contributed by atoms with van der Waals surface area (Å²) >= 11 is 3.70. The molecule has 0 bridgehead atoms. The lowest BCUT2D eigenvalue weighted by Gasteiger charge is -2.27. The first kappa shape index (κ1) is 75.9. The van der Waals surface area contributed by atoms with Crippen LogP contribution in [0.1, 0.15) is 110 Å². The molecule has 3 aromatic heterocycles. The fraction of sp³-hybridized carbons (Fsp3) is 0.388. The molecule has 2 saturated heterocycles. The number of carbonyl (C=O) groups is 4. The van der Waals surface area contributed by atoms with Crippen LogP contribution in [-0.4, -0.2) is 147 Å². The summed E-state index contributed by atoms with van der Waals surface area (Å²) in [4.78, 5) is 87.6. The molecule has 0 radical (unpaired) electrons. The second-order valence-electron chi connectivity index (χ2n) is 23.1. The van der Waals surface area contributed by atoms with E-state index in [4.69, 9.17) is 54.9 Å². The van der Waals surface area contributed by atoms with Crippen molar-refractivity contribution in [3.05, 3.63) is 93.7 Å². The Labute approximate surface area is 599 Å². The first-order chi connectivity index (χ1) is 48.4. The number of thioether (sulfide) groups is 1. The van der Waals surface area contributed by atoms with E-state index in [1.54, 1.807) is 26.4 Å². The first-order valence-corrected chi connectivity index (χ1v) is 38.4. The zero-order chi connectivity index (χ0) is 72.5. The Morgan fingerprint density at radius 2 is 0.950 bits per heavy atom. The topological polar surface area (TPSA) is 370 Å². The number of thiazole rings is 2. The number of rotatable bonds is 32. The molecule has 2 aliphatic rings. The van der Waals surface area contributed by atoms with E-state index in [1.165, 1.54) is 62.0 Å². The van der Waals surface area contributed by atoms with Gasteiger partial charge in [-0.3, -0.25) is 28.3 Å². The number of unbranched alkanes of at least 4 members (excludes halogenated alkanes) is 1. The lowest BCUT2D eigenvalue weighted by molar-refractivity contribution is -0.120. The molecule has 4 aromatic carbocycles. The standard InChI is InChI=1S/C67H81N17O12S5/c1-10-15-34-97-65-75-63(70-49-37-53(81(11-2)12-3)55(95-8)39-51(49)77-79-66-72-59(83-30-18-16-19-31-83)57(98-66)35-47(41(6)85)61(87)68-43-22-26-45(27-23-43)100(89,90)91)74-64(76-65)71-50-38-54(82(13-4)14-5)56(96-9)40-52(50)78-80-67-73-60(84-32-20-17-21-33-84)58(99-67)36-48(42(7)86)62(88)69-44-24-28-46(29-25-44)101(92,93)94/h22-29,35-40H,10-21,30-34H2,1-9H3,(H,68,87)(H,69,88)(H,89,90,91)(H,92,93,94)(H2,70,71,74,75,76)/b47-35-,48-36+,79-77+,80-78+. The number of methoxy groups -OCH3 is 2. The number of anilines is 10. The van der Waals surface area contributed by atoms with Crippen LogP contribution in [0.5, 0.6) is 11.5 Å². The number of carbonyl (C=O) groups excluding carboxylic acids is 4. The summed E-state index contributed by atoms with van der Waals surface area (Å²) < 4.78 is 77.8. The fourth-order valence-corrected chi connectivity index (χ4v) is 14.6. The van der Waals surface area contributed by atoms with Crippen LogP contribution < -0.4 is 50.3 Å². The van der Waals surface area contributed by atoms with Gasteiger partial charge in [0.2, 0.25) is 22.2 Å². The molecular weight excluding hydrogens is 1400 g/mol. The molecular formula is C67H81N17O12S5. The van der Waals surface area contributed by atoms with E-state index in [9.17, 15) is 45.1 Å². The summed E-state index contributed by atoms with van der Waals surface area (Å²) in [5.74, 6) is 0.387. The Morgan fingerprint density at radius 1 is 0.564 bits per heavy atom. The van der Waals surface area contributed by atoms with Crippen molar-refractivity contribution in [1.82, 2.24) is 24.9 Å². The minimum atomic E-state index is -4.49. The maximum Gasteiger partial charge on any atom is 0.294 e. The molecule has 536 valence electrons. The highest BCUT2D eigenvalue weighted by atomic mass is 32.2. The number of azo groups is 2. The van der Waals surface area contributed by atoms with Gasteiger partial charge in [-0.2, -0.15) is 41.8 Å².